The maximum Gasteiger partial charge on any atom is 0.0296 e. The highest BCUT2D eigenvalue weighted by Gasteiger charge is 2.47. The summed E-state index contributed by atoms with van der Waals surface area (Å²) in [5.74, 6) is 0. The van der Waals surface area contributed by atoms with Crippen molar-refractivity contribution in [2.24, 2.45) is 0 Å². The molecule has 0 fully saturated rings. The van der Waals surface area contributed by atoms with Crippen LogP contribution in [0.5, 0.6) is 0 Å². The third-order valence-corrected chi connectivity index (χ3v) is 13.5. The predicted octanol–water partition coefficient (Wildman–Crippen LogP) is 15.6. The first-order chi connectivity index (χ1) is 30.2. The smallest absolute Gasteiger partial charge is 0.0296 e. The molecule has 0 N–H and O–H groups in total. The van der Waals surface area contributed by atoms with Gasteiger partial charge in [-0.2, -0.15) is 0 Å². The van der Waals surface area contributed by atoms with Gasteiger partial charge in [0.15, 0.2) is 0 Å². The maximum absolute atomic E-state index is 2.52. The van der Waals surface area contributed by atoms with Crippen molar-refractivity contribution in [3.63, 3.8) is 0 Å². The van der Waals surface area contributed by atoms with Gasteiger partial charge in [0.25, 0.3) is 0 Å². The summed E-state index contributed by atoms with van der Waals surface area (Å²) in [6, 6.07) is 83.2. The van der Waals surface area contributed by atoms with Gasteiger partial charge in [-0.1, -0.05) is 212 Å². The highest BCUT2D eigenvalue weighted by Crippen LogP contribution is 2.56. The second-order valence-electron chi connectivity index (χ2n) is 16.8. The van der Waals surface area contributed by atoms with E-state index in [-0.39, 0.29) is 5.41 Å². The third-order valence-electron chi connectivity index (χ3n) is 13.5. The van der Waals surface area contributed by atoms with Crippen LogP contribution in [0.1, 0.15) is 38.9 Å². The van der Waals surface area contributed by atoms with Crippen LogP contribution in [0.2, 0.25) is 0 Å². The van der Waals surface area contributed by atoms with E-state index in [1.807, 2.05) is 0 Å². The molecule has 0 nitrogen and oxygen atoms in total. The third kappa shape index (κ3) is 5.82. The Kier molecular flexibility index (Phi) is 8.32. The Morgan fingerprint density at radius 2 is 0.820 bits per heavy atom. The highest BCUT2D eigenvalue weighted by atomic mass is 14.5. The van der Waals surface area contributed by atoms with Crippen LogP contribution in [0.25, 0.3) is 77.7 Å². The van der Waals surface area contributed by atoms with Crippen LogP contribution < -0.4 is 0 Å². The van der Waals surface area contributed by atoms with Crippen LogP contribution in [0, 0.1) is 0 Å². The zero-order valence-corrected chi connectivity index (χ0v) is 33.9. The van der Waals surface area contributed by atoms with E-state index in [4.69, 9.17) is 0 Å². The molecular formula is C61H42. The second kappa shape index (κ2) is 14.3. The van der Waals surface area contributed by atoms with Crippen molar-refractivity contribution < 1.29 is 0 Å². The van der Waals surface area contributed by atoms with Gasteiger partial charge in [-0.05, 0) is 142 Å². The zero-order valence-electron chi connectivity index (χ0n) is 33.9. The molecule has 0 bridgehead atoms. The minimum absolute atomic E-state index is 0.0357. The minimum atomic E-state index is -0.0357. The first kappa shape index (κ1) is 35.4. The van der Waals surface area contributed by atoms with Crippen LogP contribution in [0.4, 0.5) is 0 Å². The maximum atomic E-state index is 2.52. The molecule has 10 aromatic carbocycles. The molecule has 0 aromatic heterocycles. The van der Waals surface area contributed by atoms with Gasteiger partial charge in [-0.3, -0.25) is 0 Å². The average Bonchev–Trinajstić information content (AvgIpc) is 3.85. The predicted molar refractivity (Wildman–Crippen MR) is 258 cm³/mol. The lowest BCUT2D eigenvalue weighted by Gasteiger charge is -2.27. The summed E-state index contributed by atoms with van der Waals surface area (Å²) in [5.41, 5.74) is 20.9. The van der Waals surface area contributed by atoms with Crippen molar-refractivity contribution in [2.75, 3.05) is 0 Å². The lowest BCUT2D eigenvalue weighted by Crippen LogP contribution is -2.25. The minimum Gasteiger partial charge on any atom is -0.0622 e. The summed E-state index contributed by atoms with van der Waals surface area (Å²) in [6.45, 7) is 0. The van der Waals surface area contributed by atoms with Crippen LogP contribution in [0.15, 0.2) is 224 Å². The van der Waals surface area contributed by atoms with E-state index in [0.717, 1.165) is 12.8 Å². The normalized spacial score (nSPS) is 13.2. The van der Waals surface area contributed by atoms with Gasteiger partial charge in [-0.15, -0.1) is 0 Å². The quantitative estimate of drug-likeness (QED) is 0.117. The van der Waals surface area contributed by atoms with Crippen LogP contribution in [0.3, 0.4) is 0 Å². The first-order valence-electron chi connectivity index (χ1n) is 21.5. The molecule has 0 aliphatic heterocycles. The molecule has 12 rings (SSSR count). The van der Waals surface area contributed by atoms with Gasteiger partial charge in [0, 0.05) is 5.41 Å². The van der Waals surface area contributed by atoms with E-state index < -0.39 is 0 Å². The highest BCUT2D eigenvalue weighted by molar-refractivity contribution is 6.21. The summed E-state index contributed by atoms with van der Waals surface area (Å²) in [4.78, 5) is 0. The van der Waals surface area contributed by atoms with Crippen molar-refractivity contribution in [1.29, 1.82) is 0 Å². The van der Waals surface area contributed by atoms with Gasteiger partial charge in [0.1, 0.15) is 0 Å². The first-order valence-corrected chi connectivity index (χ1v) is 21.5. The summed E-state index contributed by atoms with van der Waals surface area (Å²) in [7, 11) is 0. The number of benzene rings is 10. The number of hydrogen-bond acceptors (Lipinski definition) is 0. The van der Waals surface area contributed by atoms with Crippen LogP contribution in [-0.2, 0) is 18.3 Å². The lowest BCUT2D eigenvalue weighted by atomic mass is 9.75. The molecule has 0 heteroatoms. The van der Waals surface area contributed by atoms with E-state index in [0.29, 0.717) is 0 Å². The molecule has 0 saturated heterocycles. The van der Waals surface area contributed by atoms with Crippen molar-refractivity contribution in [3.05, 3.63) is 263 Å². The molecule has 10 aromatic rings. The monoisotopic (exact) mass is 774 g/mol. The molecule has 0 atom stereocenters. The SMILES string of the molecule is C(=C(c1ccccc1)c1ccccc1)c1ccc(-c2c3ccccc3c(-c3cccc(-c4ccc5c(c4)C4(Cc6ccccc6C4)c4ccccc4-5)c3)c3ccccc23)cc1. The van der Waals surface area contributed by atoms with Crippen molar-refractivity contribution in [2.45, 2.75) is 18.3 Å². The number of hydrogen-bond donors (Lipinski definition) is 0. The van der Waals surface area contributed by atoms with Gasteiger partial charge >= 0.3 is 0 Å². The van der Waals surface area contributed by atoms with E-state index >= 15 is 0 Å². The molecule has 1 spiro atoms. The Morgan fingerprint density at radius 1 is 0.344 bits per heavy atom. The number of rotatable bonds is 6. The Hall–Kier alpha value is -7.54. The standard InChI is InChI=1S/C61H42/c1-3-16-42(17-4-1)56(43-18-5-2-6-19-43)36-41-30-32-44(33-31-41)59-52-25-9-11-27-54(52)60(55-28-12-10-26-53(55)59)47-23-15-22-45(37-47)46-34-35-51-50-24-13-14-29-57(50)61(58(51)38-46)39-48-20-7-8-21-49(48)40-61/h1-38H,39-40H2. The van der Waals surface area contributed by atoms with E-state index in [1.54, 1.807) is 0 Å². The van der Waals surface area contributed by atoms with Gasteiger partial charge in [0.2, 0.25) is 0 Å². The van der Waals surface area contributed by atoms with Gasteiger partial charge in [-0.25, -0.2) is 0 Å². The Bertz CT molecular complexity index is 3210. The molecule has 2 aliphatic carbocycles. The molecule has 0 amide bonds. The molecule has 0 radical (unpaired) electrons. The summed E-state index contributed by atoms with van der Waals surface area (Å²) in [6.07, 6.45) is 4.40. The molecule has 0 heterocycles. The Balaban J connectivity index is 0.964. The Labute approximate surface area is 357 Å². The van der Waals surface area contributed by atoms with Crippen LogP contribution in [-0.4, -0.2) is 0 Å². The average molecular weight is 775 g/mol. The summed E-state index contributed by atoms with van der Waals surface area (Å²) in [5, 5.41) is 5.05. The van der Waals surface area contributed by atoms with E-state index in [2.05, 4.69) is 231 Å². The van der Waals surface area contributed by atoms with Crippen molar-refractivity contribution in [3.8, 4) is 44.5 Å². The summed E-state index contributed by atoms with van der Waals surface area (Å²) < 4.78 is 0. The molecule has 0 unspecified atom stereocenters. The van der Waals surface area contributed by atoms with E-state index in [9.17, 15) is 0 Å². The molecule has 0 saturated carbocycles. The van der Waals surface area contributed by atoms with Crippen LogP contribution >= 0.6 is 0 Å². The molecule has 286 valence electrons. The summed E-state index contributed by atoms with van der Waals surface area (Å²) >= 11 is 0. The lowest BCUT2D eigenvalue weighted by molar-refractivity contribution is 0.564. The zero-order chi connectivity index (χ0) is 40.3. The van der Waals surface area contributed by atoms with Crippen molar-refractivity contribution >= 4 is 33.2 Å². The molecule has 61 heavy (non-hydrogen) atoms. The fourth-order valence-electron chi connectivity index (χ4n) is 10.7. The molecular weight excluding hydrogens is 733 g/mol. The Morgan fingerprint density at radius 3 is 1.44 bits per heavy atom. The van der Waals surface area contributed by atoms with Crippen molar-refractivity contribution in [1.82, 2.24) is 0 Å². The number of fused-ring (bicyclic) bond motifs is 8. The molecule has 2 aliphatic rings. The van der Waals surface area contributed by atoms with E-state index in [1.165, 1.54) is 111 Å². The fraction of sp³-hybridized carbons (Fsp3) is 0.0492. The largest absolute Gasteiger partial charge is 0.0622 e. The van der Waals surface area contributed by atoms with Gasteiger partial charge in [0.05, 0.1) is 0 Å². The second-order valence-corrected chi connectivity index (χ2v) is 16.8. The topological polar surface area (TPSA) is 0 Å². The van der Waals surface area contributed by atoms with Gasteiger partial charge < -0.3 is 0 Å². The fourth-order valence-corrected chi connectivity index (χ4v) is 10.7.